The molecule has 2 amide bonds. The first-order chi connectivity index (χ1) is 18.3. The highest BCUT2D eigenvalue weighted by atomic mass is 79.9. The monoisotopic (exact) mass is 581 g/mol. The van der Waals surface area contributed by atoms with Gasteiger partial charge >= 0.3 is 6.09 Å². The quantitative estimate of drug-likeness (QED) is 0.170. The predicted octanol–water partition coefficient (Wildman–Crippen LogP) is 6.37. The number of allylic oxidation sites excluding steroid dienone is 1. The van der Waals surface area contributed by atoms with Gasteiger partial charge in [0.15, 0.2) is 11.5 Å². The molecule has 0 saturated carbocycles. The average molecular weight is 582 g/mol. The molecule has 1 aliphatic heterocycles. The second kappa shape index (κ2) is 12.4. The van der Waals surface area contributed by atoms with Gasteiger partial charge in [-0.2, -0.15) is 0 Å². The fourth-order valence-electron chi connectivity index (χ4n) is 3.96. The van der Waals surface area contributed by atoms with E-state index in [1.807, 2.05) is 6.92 Å². The molecular weight excluding hydrogens is 554 g/mol. The lowest BCUT2D eigenvalue weighted by molar-refractivity contribution is -0.111. The molecule has 5 N–H and O–H groups in total. The summed E-state index contributed by atoms with van der Waals surface area (Å²) in [5.41, 5.74) is 7.84. The number of ether oxygens (including phenoxy) is 3. The molecular formula is C28H28BrN3O6. The third-order valence-electron chi connectivity index (χ3n) is 5.94. The number of para-hydroxylation sites is 2. The number of aromatic hydroxyl groups is 1. The van der Waals surface area contributed by atoms with Gasteiger partial charge < -0.3 is 30.4 Å². The molecule has 0 spiro atoms. The fourth-order valence-corrected chi connectivity index (χ4v) is 4.34. The molecule has 0 radical (unpaired) electrons. The molecule has 0 fully saturated rings. The van der Waals surface area contributed by atoms with E-state index in [0.717, 1.165) is 4.47 Å². The Bertz CT molecular complexity index is 1350. The highest BCUT2D eigenvalue weighted by molar-refractivity contribution is 9.10. The lowest BCUT2D eigenvalue weighted by atomic mass is 9.92. The Morgan fingerprint density at radius 2 is 1.89 bits per heavy atom. The minimum atomic E-state index is -0.757. The van der Waals surface area contributed by atoms with E-state index < -0.39 is 12.2 Å². The largest absolute Gasteiger partial charge is 0.508 e. The number of nitrogens with one attached hydrogen (secondary N) is 2. The lowest BCUT2D eigenvalue weighted by Gasteiger charge is -2.25. The van der Waals surface area contributed by atoms with Gasteiger partial charge in [0.05, 0.1) is 11.4 Å². The molecule has 1 heterocycles. The number of phenolic OH excluding ortho intramolecular Hbond substituents is 1. The molecule has 4 rings (SSSR count). The molecule has 0 saturated heterocycles. The van der Waals surface area contributed by atoms with Crippen LogP contribution in [0.1, 0.15) is 31.4 Å². The third-order valence-corrected chi connectivity index (χ3v) is 6.44. The topological polar surface area (TPSA) is 132 Å². The first-order valence-corrected chi connectivity index (χ1v) is 12.8. The van der Waals surface area contributed by atoms with Crippen LogP contribution in [-0.4, -0.2) is 23.9 Å². The molecule has 38 heavy (non-hydrogen) atoms. The van der Waals surface area contributed by atoms with E-state index >= 15 is 0 Å². The second-order valence-electron chi connectivity index (χ2n) is 8.76. The van der Waals surface area contributed by atoms with Crippen LogP contribution >= 0.6 is 15.9 Å². The van der Waals surface area contributed by atoms with Crippen LogP contribution in [0.4, 0.5) is 21.9 Å². The number of anilines is 3. The summed E-state index contributed by atoms with van der Waals surface area (Å²) in [7, 11) is 0. The van der Waals surface area contributed by atoms with E-state index in [2.05, 4.69) is 26.6 Å². The lowest BCUT2D eigenvalue weighted by Crippen LogP contribution is -2.22. The first-order valence-electron chi connectivity index (χ1n) is 12.0. The van der Waals surface area contributed by atoms with Crippen LogP contribution in [0.5, 0.6) is 17.2 Å². The number of benzene rings is 3. The van der Waals surface area contributed by atoms with E-state index in [1.165, 1.54) is 12.1 Å². The summed E-state index contributed by atoms with van der Waals surface area (Å²) in [5.74, 6) is 0.647. The van der Waals surface area contributed by atoms with Crippen molar-refractivity contribution >= 4 is 45.0 Å². The van der Waals surface area contributed by atoms with Crippen molar-refractivity contribution in [3.8, 4) is 17.2 Å². The van der Waals surface area contributed by atoms with Gasteiger partial charge in [0.1, 0.15) is 11.9 Å². The number of amides is 2. The summed E-state index contributed by atoms with van der Waals surface area (Å²) in [6, 6.07) is 17.0. The van der Waals surface area contributed by atoms with Crippen molar-refractivity contribution in [1.82, 2.24) is 0 Å². The van der Waals surface area contributed by atoms with E-state index in [4.69, 9.17) is 19.9 Å². The molecule has 0 unspecified atom stereocenters. The standard InChI is InChI=1S/C28H28BrN3O6/c1-17(6-2-5-9-26(34)32-22-8-4-3-7-21(22)30)27(20-14-18(29)10-12-23(20)33)38-28(35)31-19-11-13-24-25(15-19)37-16-36-24/h3-5,7-15,17,27,33H,2,6,16,30H2,1H3,(H,31,35)(H,32,34)/b9-5+/t17-,27-/m0/s1. The average Bonchev–Trinajstić information content (AvgIpc) is 3.36. The zero-order valence-corrected chi connectivity index (χ0v) is 22.2. The van der Waals surface area contributed by atoms with Crippen molar-refractivity contribution in [1.29, 1.82) is 0 Å². The minimum absolute atomic E-state index is 0.0105. The Hall–Kier alpha value is -4.18. The summed E-state index contributed by atoms with van der Waals surface area (Å²) >= 11 is 3.42. The molecule has 0 aromatic heterocycles. The SMILES string of the molecule is C[C@@H](CC/C=C/C(=O)Nc1ccccc1N)[C@H](OC(=O)Nc1ccc2c(c1)OCO2)c1cc(Br)ccc1O. The van der Waals surface area contributed by atoms with E-state index in [9.17, 15) is 14.7 Å². The van der Waals surface area contributed by atoms with Crippen LogP contribution in [0.3, 0.4) is 0 Å². The van der Waals surface area contributed by atoms with Gasteiger partial charge in [-0.15, -0.1) is 0 Å². The fraction of sp³-hybridized carbons (Fsp3) is 0.214. The van der Waals surface area contributed by atoms with Gasteiger partial charge in [0, 0.05) is 21.8 Å². The maximum absolute atomic E-state index is 12.8. The summed E-state index contributed by atoms with van der Waals surface area (Å²) in [5, 5.41) is 16.0. The number of nitrogens with two attached hydrogens (primary N) is 1. The van der Waals surface area contributed by atoms with Gasteiger partial charge in [-0.3, -0.25) is 10.1 Å². The van der Waals surface area contributed by atoms with Crippen LogP contribution < -0.4 is 25.8 Å². The van der Waals surface area contributed by atoms with Gasteiger partial charge in [-0.25, -0.2) is 4.79 Å². The number of rotatable bonds is 9. The van der Waals surface area contributed by atoms with Crippen LogP contribution in [0, 0.1) is 5.92 Å². The van der Waals surface area contributed by atoms with Crippen molar-refractivity contribution < 1.29 is 28.9 Å². The van der Waals surface area contributed by atoms with Gasteiger partial charge in [0.25, 0.3) is 0 Å². The number of phenols is 1. The number of hydrogen-bond acceptors (Lipinski definition) is 7. The van der Waals surface area contributed by atoms with Gasteiger partial charge in [-0.05, 0) is 67.3 Å². The highest BCUT2D eigenvalue weighted by Gasteiger charge is 2.27. The van der Waals surface area contributed by atoms with E-state index in [-0.39, 0.29) is 24.4 Å². The molecule has 198 valence electrons. The van der Waals surface area contributed by atoms with E-state index in [1.54, 1.807) is 60.7 Å². The Morgan fingerprint density at radius 3 is 2.71 bits per heavy atom. The number of fused-ring (bicyclic) bond motifs is 1. The Labute approximate surface area is 228 Å². The van der Waals surface area contributed by atoms with Crippen molar-refractivity contribution in [3.63, 3.8) is 0 Å². The van der Waals surface area contributed by atoms with Crippen molar-refractivity contribution in [2.24, 2.45) is 5.92 Å². The Balaban J connectivity index is 1.40. The van der Waals surface area contributed by atoms with Crippen LogP contribution in [0.15, 0.2) is 77.3 Å². The molecule has 9 nitrogen and oxygen atoms in total. The molecule has 0 aliphatic carbocycles. The second-order valence-corrected chi connectivity index (χ2v) is 9.67. The van der Waals surface area contributed by atoms with Crippen LogP contribution in [0.25, 0.3) is 0 Å². The van der Waals surface area contributed by atoms with Crippen molar-refractivity contribution in [2.45, 2.75) is 25.9 Å². The maximum Gasteiger partial charge on any atom is 0.412 e. The zero-order valence-electron chi connectivity index (χ0n) is 20.6. The number of nitrogen functional groups attached to an aromatic ring is 1. The highest BCUT2D eigenvalue weighted by Crippen LogP contribution is 2.38. The molecule has 1 aliphatic rings. The number of carbonyl (C=O) groups is 2. The van der Waals surface area contributed by atoms with Crippen molar-refractivity contribution in [3.05, 3.63) is 82.9 Å². The summed E-state index contributed by atoms with van der Waals surface area (Å²) in [6.07, 6.45) is 2.86. The number of hydrogen-bond donors (Lipinski definition) is 4. The summed E-state index contributed by atoms with van der Waals surface area (Å²) in [4.78, 5) is 25.1. The number of halogens is 1. The summed E-state index contributed by atoms with van der Waals surface area (Å²) in [6.45, 7) is 2.04. The molecule has 3 aromatic rings. The Kier molecular flexibility index (Phi) is 8.75. The maximum atomic E-state index is 12.8. The predicted molar refractivity (Wildman–Crippen MR) is 148 cm³/mol. The summed E-state index contributed by atoms with van der Waals surface area (Å²) < 4.78 is 17.2. The van der Waals surface area contributed by atoms with Crippen LogP contribution in [-0.2, 0) is 9.53 Å². The number of carbonyl (C=O) groups excluding carboxylic acids is 2. The third kappa shape index (κ3) is 6.98. The normalized spacial score (nSPS) is 13.6. The smallest absolute Gasteiger partial charge is 0.412 e. The van der Waals surface area contributed by atoms with Gasteiger partial charge in [-0.1, -0.05) is 41.1 Å². The zero-order chi connectivity index (χ0) is 27.1. The Morgan fingerprint density at radius 1 is 1.11 bits per heavy atom. The molecule has 3 aromatic carbocycles. The van der Waals surface area contributed by atoms with Gasteiger partial charge in [0.2, 0.25) is 12.7 Å². The first kappa shape index (κ1) is 26.9. The molecule has 10 heteroatoms. The minimum Gasteiger partial charge on any atom is -0.508 e. The van der Waals surface area contributed by atoms with Crippen molar-refractivity contribution in [2.75, 3.05) is 23.2 Å². The molecule has 0 bridgehead atoms. The van der Waals surface area contributed by atoms with Crippen LogP contribution in [0.2, 0.25) is 0 Å². The molecule has 2 atom stereocenters. The van der Waals surface area contributed by atoms with E-state index in [0.29, 0.717) is 47.0 Å².